The molecule has 17 heavy (non-hydrogen) atoms. The summed E-state index contributed by atoms with van der Waals surface area (Å²) in [4.78, 5) is 4.33. The molecule has 96 valence electrons. The maximum Gasteiger partial charge on any atom is 0.0684 e. The zero-order valence-corrected chi connectivity index (χ0v) is 13.1. The summed E-state index contributed by atoms with van der Waals surface area (Å²) < 4.78 is 1.99. The van der Waals surface area contributed by atoms with Crippen LogP contribution >= 0.6 is 31.9 Å². The smallest absolute Gasteiger partial charge is 0.0684 e. The highest BCUT2D eigenvalue weighted by atomic mass is 79.9. The Hall–Kier alpha value is 0.0300. The maximum absolute atomic E-state index is 8.89. The maximum atomic E-state index is 8.89. The molecule has 0 fully saturated rings. The number of pyridine rings is 1. The van der Waals surface area contributed by atoms with E-state index in [4.69, 9.17) is 5.11 Å². The largest absolute Gasteiger partial charge is 0.396 e. The Balaban J connectivity index is 2.22. The Bertz CT molecular complexity index is 347. The molecule has 1 unspecified atom stereocenters. The van der Waals surface area contributed by atoms with Crippen LogP contribution in [0.25, 0.3) is 0 Å². The first-order valence-electron chi connectivity index (χ1n) is 5.75. The third kappa shape index (κ3) is 5.95. The zero-order valence-electron chi connectivity index (χ0n) is 9.92. The van der Waals surface area contributed by atoms with Crippen LogP contribution < -0.4 is 5.32 Å². The first-order valence-corrected chi connectivity index (χ1v) is 7.33. The van der Waals surface area contributed by atoms with Crippen molar-refractivity contribution in [2.45, 2.75) is 26.3 Å². The van der Waals surface area contributed by atoms with E-state index in [0.29, 0.717) is 5.92 Å². The first-order chi connectivity index (χ1) is 8.13. The van der Waals surface area contributed by atoms with Crippen molar-refractivity contribution >= 4 is 31.9 Å². The molecule has 0 saturated carbocycles. The van der Waals surface area contributed by atoms with E-state index in [0.717, 1.165) is 40.6 Å². The molecule has 0 saturated heterocycles. The molecule has 1 heterocycles. The highest BCUT2D eigenvalue weighted by Crippen LogP contribution is 2.19. The van der Waals surface area contributed by atoms with Gasteiger partial charge in [0.1, 0.15) is 0 Å². The van der Waals surface area contributed by atoms with Gasteiger partial charge in [0.15, 0.2) is 0 Å². The SMILES string of the molecule is CC(CO)CCCNCc1ncc(Br)cc1Br. The van der Waals surface area contributed by atoms with Gasteiger partial charge in [0, 0.05) is 28.3 Å². The van der Waals surface area contributed by atoms with Crippen LogP contribution in [0.1, 0.15) is 25.5 Å². The number of nitrogens with zero attached hydrogens (tertiary/aromatic N) is 1. The van der Waals surface area contributed by atoms with Gasteiger partial charge in [0.2, 0.25) is 0 Å². The van der Waals surface area contributed by atoms with E-state index in [1.807, 2.05) is 6.07 Å². The molecule has 0 aromatic carbocycles. The van der Waals surface area contributed by atoms with E-state index in [9.17, 15) is 0 Å². The van der Waals surface area contributed by atoms with E-state index >= 15 is 0 Å². The number of nitrogens with one attached hydrogen (secondary N) is 1. The van der Waals surface area contributed by atoms with Gasteiger partial charge in [-0.15, -0.1) is 0 Å². The molecule has 0 aliphatic rings. The van der Waals surface area contributed by atoms with Crippen LogP contribution in [-0.2, 0) is 6.54 Å². The second kappa shape index (κ2) is 8.19. The van der Waals surface area contributed by atoms with Crippen molar-refractivity contribution in [1.29, 1.82) is 0 Å². The van der Waals surface area contributed by atoms with E-state index < -0.39 is 0 Å². The average molecular weight is 366 g/mol. The van der Waals surface area contributed by atoms with Crippen LogP contribution in [0.4, 0.5) is 0 Å². The number of hydrogen-bond donors (Lipinski definition) is 2. The van der Waals surface area contributed by atoms with Gasteiger partial charge in [0.25, 0.3) is 0 Å². The fourth-order valence-corrected chi connectivity index (χ4v) is 2.57. The van der Waals surface area contributed by atoms with Crippen LogP contribution in [0.3, 0.4) is 0 Å². The Morgan fingerprint density at radius 3 is 2.88 bits per heavy atom. The summed E-state index contributed by atoms with van der Waals surface area (Å²) in [5.41, 5.74) is 1.02. The summed E-state index contributed by atoms with van der Waals surface area (Å²) in [5, 5.41) is 12.2. The Kier molecular flexibility index (Phi) is 7.27. The molecule has 1 atom stereocenters. The van der Waals surface area contributed by atoms with Gasteiger partial charge in [-0.1, -0.05) is 6.92 Å². The number of halogens is 2. The molecular formula is C12H18Br2N2O. The number of aliphatic hydroxyl groups is 1. The normalized spacial score (nSPS) is 12.7. The monoisotopic (exact) mass is 364 g/mol. The molecule has 0 radical (unpaired) electrons. The molecule has 0 aliphatic carbocycles. The average Bonchev–Trinajstić information content (AvgIpc) is 2.30. The minimum atomic E-state index is 0.278. The lowest BCUT2D eigenvalue weighted by molar-refractivity contribution is 0.228. The van der Waals surface area contributed by atoms with Gasteiger partial charge in [0.05, 0.1) is 5.69 Å². The van der Waals surface area contributed by atoms with Crippen LogP contribution in [0.2, 0.25) is 0 Å². The molecule has 1 aromatic rings. The highest BCUT2D eigenvalue weighted by molar-refractivity contribution is 9.11. The fraction of sp³-hybridized carbons (Fsp3) is 0.583. The standard InChI is InChI=1S/C12H18Br2N2O/c1-9(8-17)3-2-4-15-7-12-11(14)5-10(13)6-16-12/h5-6,9,15,17H,2-4,7-8H2,1H3. The molecule has 3 nitrogen and oxygen atoms in total. The molecule has 0 spiro atoms. The number of rotatable bonds is 7. The van der Waals surface area contributed by atoms with Crippen molar-refractivity contribution in [3.05, 3.63) is 26.9 Å². The Morgan fingerprint density at radius 2 is 2.24 bits per heavy atom. The molecule has 0 aliphatic heterocycles. The van der Waals surface area contributed by atoms with Crippen molar-refractivity contribution in [3.63, 3.8) is 0 Å². The van der Waals surface area contributed by atoms with Crippen LogP contribution in [-0.4, -0.2) is 23.2 Å². The third-order valence-corrected chi connectivity index (χ3v) is 3.66. The second-order valence-electron chi connectivity index (χ2n) is 4.19. The summed E-state index contributed by atoms with van der Waals surface area (Å²) in [7, 11) is 0. The van der Waals surface area contributed by atoms with Crippen molar-refractivity contribution in [3.8, 4) is 0 Å². The van der Waals surface area contributed by atoms with Gasteiger partial charge < -0.3 is 10.4 Å². The Morgan fingerprint density at radius 1 is 1.47 bits per heavy atom. The predicted molar refractivity (Wildman–Crippen MR) is 76.8 cm³/mol. The highest BCUT2D eigenvalue weighted by Gasteiger charge is 2.02. The predicted octanol–water partition coefficient (Wildman–Crippen LogP) is 3.10. The molecule has 1 aromatic heterocycles. The number of aromatic nitrogens is 1. The minimum absolute atomic E-state index is 0.278. The molecule has 1 rings (SSSR count). The summed E-state index contributed by atoms with van der Waals surface area (Å²) in [5.74, 6) is 0.398. The van der Waals surface area contributed by atoms with Crippen molar-refractivity contribution < 1.29 is 5.11 Å². The molecular weight excluding hydrogens is 348 g/mol. The van der Waals surface area contributed by atoms with E-state index in [1.165, 1.54) is 0 Å². The van der Waals surface area contributed by atoms with Crippen molar-refractivity contribution in [1.82, 2.24) is 10.3 Å². The lowest BCUT2D eigenvalue weighted by Crippen LogP contribution is -2.17. The molecule has 5 heteroatoms. The van der Waals surface area contributed by atoms with Gasteiger partial charge in [-0.2, -0.15) is 0 Å². The zero-order chi connectivity index (χ0) is 12.7. The van der Waals surface area contributed by atoms with Crippen LogP contribution in [0, 0.1) is 5.92 Å². The van der Waals surface area contributed by atoms with Crippen LogP contribution in [0.15, 0.2) is 21.2 Å². The summed E-state index contributed by atoms with van der Waals surface area (Å²) in [6, 6.07) is 2.00. The topological polar surface area (TPSA) is 45.1 Å². The van der Waals surface area contributed by atoms with Crippen LogP contribution in [0.5, 0.6) is 0 Å². The Labute approximate surface area is 119 Å². The number of hydrogen-bond acceptors (Lipinski definition) is 3. The second-order valence-corrected chi connectivity index (χ2v) is 5.96. The van der Waals surface area contributed by atoms with Gasteiger partial charge in [-0.05, 0) is 63.2 Å². The van der Waals surface area contributed by atoms with Crippen molar-refractivity contribution in [2.24, 2.45) is 5.92 Å². The first kappa shape index (κ1) is 15.1. The molecule has 2 N–H and O–H groups in total. The van der Waals surface area contributed by atoms with E-state index in [-0.39, 0.29) is 6.61 Å². The molecule has 0 amide bonds. The van der Waals surface area contributed by atoms with Crippen molar-refractivity contribution in [2.75, 3.05) is 13.2 Å². The van der Waals surface area contributed by atoms with Gasteiger partial charge >= 0.3 is 0 Å². The van der Waals surface area contributed by atoms with E-state index in [2.05, 4.69) is 49.1 Å². The lowest BCUT2D eigenvalue weighted by atomic mass is 10.1. The van der Waals surface area contributed by atoms with Gasteiger partial charge in [-0.3, -0.25) is 4.98 Å². The van der Waals surface area contributed by atoms with Gasteiger partial charge in [-0.25, -0.2) is 0 Å². The molecule has 0 bridgehead atoms. The number of aliphatic hydroxyl groups excluding tert-OH is 1. The minimum Gasteiger partial charge on any atom is -0.396 e. The summed E-state index contributed by atoms with van der Waals surface area (Å²) in [6.45, 7) is 4.06. The lowest BCUT2D eigenvalue weighted by Gasteiger charge is -2.09. The summed E-state index contributed by atoms with van der Waals surface area (Å²) in [6.07, 6.45) is 3.93. The van der Waals surface area contributed by atoms with E-state index in [1.54, 1.807) is 6.20 Å². The quantitative estimate of drug-likeness (QED) is 0.729. The summed E-state index contributed by atoms with van der Waals surface area (Å²) >= 11 is 6.86. The third-order valence-electron chi connectivity index (χ3n) is 2.54. The fourth-order valence-electron chi connectivity index (χ4n) is 1.45.